The lowest BCUT2D eigenvalue weighted by molar-refractivity contribution is 0.0342. The summed E-state index contributed by atoms with van der Waals surface area (Å²) < 4.78 is 10.6. The normalized spacial score (nSPS) is 15.7. The van der Waals surface area contributed by atoms with Gasteiger partial charge in [0.1, 0.15) is 5.60 Å². The highest BCUT2D eigenvalue weighted by Crippen LogP contribution is 2.09. The molecule has 1 saturated heterocycles. The Balaban J connectivity index is 1.66. The van der Waals surface area contributed by atoms with E-state index < -0.39 is 11.7 Å². The van der Waals surface area contributed by atoms with Crippen molar-refractivity contribution in [3.8, 4) is 0 Å². The number of benzene rings is 1. The first-order valence-corrected chi connectivity index (χ1v) is 10.1. The summed E-state index contributed by atoms with van der Waals surface area (Å²) in [6.07, 6.45) is -0.417. The lowest BCUT2D eigenvalue weighted by Crippen LogP contribution is -2.42. The highest BCUT2D eigenvalue weighted by molar-refractivity contribution is 5.79. The van der Waals surface area contributed by atoms with E-state index in [0.29, 0.717) is 25.6 Å². The van der Waals surface area contributed by atoms with Crippen LogP contribution in [0, 0.1) is 0 Å². The lowest BCUT2D eigenvalue weighted by atomic mass is 10.1. The summed E-state index contributed by atoms with van der Waals surface area (Å²) in [4.78, 5) is 18.2. The number of nitrogens with zero attached hydrogens (tertiary/aromatic N) is 2. The number of carbonyl (C=O) groups is 1. The third kappa shape index (κ3) is 9.62. The zero-order valence-electron chi connectivity index (χ0n) is 18.1. The average Bonchev–Trinajstić information content (AvgIpc) is 2.68. The van der Waals surface area contributed by atoms with Gasteiger partial charge in [-0.05, 0) is 31.9 Å². The Morgan fingerprint density at radius 3 is 2.31 bits per heavy atom. The van der Waals surface area contributed by atoms with E-state index in [-0.39, 0.29) is 0 Å². The molecule has 0 unspecified atom stereocenters. The van der Waals surface area contributed by atoms with E-state index >= 15 is 0 Å². The molecule has 0 spiro atoms. The highest BCUT2D eigenvalue weighted by atomic mass is 16.6. The molecule has 2 rings (SSSR count). The van der Waals surface area contributed by atoms with Crippen LogP contribution in [0.1, 0.15) is 31.9 Å². The molecule has 3 N–H and O–H groups in total. The molecule has 1 aliphatic rings. The molecule has 0 saturated carbocycles. The number of nitrogens with one attached hydrogen (secondary N) is 3. The Labute approximate surface area is 174 Å². The van der Waals surface area contributed by atoms with Crippen LogP contribution in [0.2, 0.25) is 0 Å². The molecular weight excluding hydrogens is 370 g/mol. The second kappa shape index (κ2) is 11.6. The van der Waals surface area contributed by atoms with Gasteiger partial charge in [0.15, 0.2) is 5.96 Å². The predicted molar refractivity (Wildman–Crippen MR) is 115 cm³/mol. The first kappa shape index (κ1) is 23.0. The number of morpholine rings is 1. The van der Waals surface area contributed by atoms with E-state index in [1.807, 2.05) is 20.8 Å². The second-order valence-corrected chi connectivity index (χ2v) is 7.99. The van der Waals surface area contributed by atoms with Gasteiger partial charge in [0.05, 0.1) is 13.2 Å². The molecule has 8 nitrogen and oxygen atoms in total. The molecule has 8 heteroatoms. The standard InChI is InChI=1S/C21H35N5O3/c1-21(2,3)29-20(27)24-10-9-23-19(22-4)25-15-17-5-7-18(8-6-17)16-26-11-13-28-14-12-26/h5-8H,9-16H2,1-4H3,(H,24,27)(H2,22,23,25). The quantitative estimate of drug-likeness (QED) is 0.364. The fourth-order valence-electron chi connectivity index (χ4n) is 2.85. The molecule has 162 valence electrons. The van der Waals surface area contributed by atoms with E-state index in [9.17, 15) is 4.79 Å². The van der Waals surface area contributed by atoms with Gasteiger partial charge in [0.25, 0.3) is 0 Å². The van der Waals surface area contributed by atoms with Crippen LogP contribution in [-0.4, -0.2) is 69.0 Å². The summed E-state index contributed by atoms with van der Waals surface area (Å²) in [7, 11) is 1.72. The Kier molecular flexibility index (Phi) is 9.21. The number of guanidine groups is 1. The fraction of sp³-hybridized carbons (Fsp3) is 0.619. The van der Waals surface area contributed by atoms with Gasteiger partial charge >= 0.3 is 6.09 Å². The van der Waals surface area contributed by atoms with E-state index in [1.165, 1.54) is 11.1 Å². The van der Waals surface area contributed by atoms with Crippen molar-refractivity contribution in [3.05, 3.63) is 35.4 Å². The highest BCUT2D eigenvalue weighted by Gasteiger charge is 2.15. The Morgan fingerprint density at radius 2 is 1.69 bits per heavy atom. The van der Waals surface area contributed by atoms with Gasteiger partial charge in [0, 0.05) is 46.3 Å². The SMILES string of the molecule is CN=C(NCCNC(=O)OC(C)(C)C)NCc1ccc(CN2CCOCC2)cc1. The molecule has 1 fully saturated rings. The van der Waals surface area contributed by atoms with Crippen LogP contribution in [0.3, 0.4) is 0 Å². The summed E-state index contributed by atoms with van der Waals surface area (Å²) >= 11 is 0. The number of alkyl carbamates (subject to hydrolysis) is 1. The van der Waals surface area contributed by atoms with Crippen LogP contribution in [0.4, 0.5) is 4.79 Å². The van der Waals surface area contributed by atoms with Gasteiger partial charge in [-0.25, -0.2) is 4.79 Å². The Bertz CT molecular complexity index is 649. The summed E-state index contributed by atoms with van der Waals surface area (Å²) in [5.74, 6) is 0.688. The monoisotopic (exact) mass is 405 g/mol. The van der Waals surface area contributed by atoms with Gasteiger partial charge in [-0.3, -0.25) is 9.89 Å². The average molecular weight is 406 g/mol. The van der Waals surface area contributed by atoms with Crippen molar-refractivity contribution in [2.24, 2.45) is 4.99 Å². The molecule has 1 aliphatic heterocycles. The molecule has 29 heavy (non-hydrogen) atoms. The van der Waals surface area contributed by atoms with Crippen molar-refractivity contribution in [1.29, 1.82) is 0 Å². The first-order chi connectivity index (χ1) is 13.9. The van der Waals surface area contributed by atoms with Crippen LogP contribution in [0.15, 0.2) is 29.3 Å². The number of carbonyl (C=O) groups excluding carboxylic acids is 1. The molecular formula is C21H35N5O3. The number of rotatable bonds is 7. The molecule has 0 aromatic heterocycles. The molecule has 0 bridgehead atoms. The Morgan fingerprint density at radius 1 is 1.07 bits per heavy atom. The van der Waals surface area contributed by atoms with Gasteiger partial charge in [-0.2, -0.15) is 0 Å². The fourth-order valence-corrected chi connectivity index (χ4v) is 2.85. The summed E-state index contributed by atoms with van der Waals surface area (Å²) in [6, 6.07) is 8.63. The molecule has 0 aliphatic carbocycles. The van der Waals surface area contributed by atoms with Crippen LogP contribution >= 0.6 is 0 Å². The van der Waals surface area contributed by atoms with Crippen LogP contribution in [0.5, 0.6) is 0 Å². The van der Waals surface area contributed by atoms with Gasteiger partial charge in [0.2, 0.25) is 0 Å². The Hall–Kier alpha value is -2.32. The van der Waals surface area contributed by atoms with Crippen LogP contribution in [0.25, 0.3) is 0 Å². The van der Waals surface area contributed by atoms with Crippen LogP contribution in [-0.2, 0) is 22.6 Å². The number of hydrogen-bond donors (Lipinski definition) is 3. The smallest absolute Gasteiger partial charge is 0.407 e. The topological polar surface area (TPSA) is 87.2 Å². The van der Waals surface area contributed by atoms with Crippen molar-refractivity contribution in [2.45, 2.75) is 39.5 Å². The van der Waals surface area contributed by atoms with Crippen molar-refractivity contribution in [1.82, 2.24) is 20.9 Å². The second-order valence-electron chi connectivity index (χ2n) is 7.99. The molecule has 1 amide bonds. The molecule has 1 heterocycles. The van der Waals surface area contributed by atoms with Gasteiger partial charge < -0.3 is 25.4 Å². The van der Waals surface area contributed by atoms with Gasteiger partial charge in [-0.1, -0.05) is 24.3 Å². The number of amides is 1. The van der Waals surface area contributed by atoms with Gasteiger partial charge in [-0.15, -0.1) is 0 Å². The predicted octanol–water partition coefficient (Wildman–Crippen LogP) is 1.71. The van der Waals surface area contributed by atoms with E-state index in [4.69, 9.17) is 9.47 Å². The summed E-state index contributed by atoms with van der Waals surface area (Å²) in [5.41, 5.74) is 2.00. The van der Waals surface area contributed by atoms with Crippen molar-refractivity contribution in [2.75, 3.05) is 46.4 Å². The third-order valence-electron chi connectivity index (χ3n) is 4.30. The maximum absolute atomic E-state index is 11.6. The lowest BCUT2D eigenvalue weighted by Gasteiger charge is -2.26. The minimum atomic E-state index is -0.493. The molecule has 1 aromatic rings. The molecule has 0 atom stereocenters. The van der Waals surface area contributed by atoms with Crippen molar-refractivity contribution in [3.63, 3.8) is 0 Å². The van der Waals surface area contributed by atoms with Crippen molar-refractivity contribution >= 4 is 12.1 Å². The maximum atomic E-state index is 11.6. The van der Waals surface area contributed by atoms with Crippen LogP contribution < -0.4 is 16.0 Å². The number of ether oxygens (including phenoxy) is 2. The van der Waals surface area contributed by atoms with Crippen molar-refractivity contribution < 1.29 is 14.3 Å². The minimum Gasteiger partial charge on any atom is -0.444 e. The zero-order valence-corrected chi connectivity index (χ0v) is 18.1. The number of aliphatic imine (C=N–C) groups is 1. The minimum absolute atomic E-state index is 0.417. The largest absolute Gasteiger partial charge is 0.444 e. The number of hydrogen-bond acceptors (Lipinski definition) is 5. The van der Waals surface area contributed by atoms with E-state index in [1.54, 1.807) is 7.05 Å². The van der Waals surface area contributed by atoms with E-state index in [0.717, 1.165) is 32.8 Å². The maximum Gasteiger partial charge on any atom is 0.407 e. The molecule has 0 radical (unpaired) electrons. The van der Waals surface area contributed by atoms with E-state index in [2.05, 4.69) is 50.1 Å². The summed E-state index contributed by atoms with van der Waals surface area (Å²) in [6.45, 7) is 11.8. The summed E-state index contributed by atoms with van der Waals surface area (Å²) in [5, 5.41) is 9.17. The first-order valence-electron chi connectivity index (χ1n) is 10.1. The zero-order chi connectivity index (χ0) is 21.1. The third-order valence-corrected chi connectivity index (χ3v) is 4.30. The molecule has 1 aromatic carbocycles.